The molecule has 2 aromatic carbocycles. The number of nitrogens with zero attached hydrogens (tertiary/aromatic N) is 3. The van der Waals surface area contributed by atoms with E-state index in [0.717, 1.165) is 48.7 Å². The van der Waals surface area contributed by atoms with Crippen molar-refractivity contribution in [3.8, 4) is 0 Å². The van der Waals surface area contributed by atoms with E-state index in [9.17, 15) is 9.59 Å². The van der Waals surface area contributed by atoms with Gasteiger partial charge < -0.3 is 14.5 Å². The van der Waals surface area contributed by atoms with Crippen LogP contribution in [0.25, 0.3) is 10.8 Å². The Labute approximate surface area is 190 Å². The number of ether oxygens (including phenoxy) is 1. The first kappa shape index (κ1) is 21.4. The number of hydrogen-bond donors (Lipinski definition) is 0. The summed E-state index contributed by atoms with van der Waals surface area (Å²) in [5.74, 6) is -0.0127. The van der Waals surface area contributed by atoms with Gasteiger partial charge in [0.2, 0.25) is 0 Å². The third-order valence-corrected chi connectivity index (χ3v) is 7.72. The minimum atomic E-state index is -0.693. The molecule has 2 heterocycles. The largest absolute Gasteiger partial charge is 0.385 e. The number of fused-ring (bicyclic) bond motifs is 1. The van der Waals surface area contributed by atoms with Gasteiger partial charge in [-0.3, -0.25) is 9.69 Å². The van der Waals surface area contributed by atoms with Gasteiger partial charge >= 0.3 is 6.03 Å². The molecule has 2 aliphatic heterocycles. The van der Waals surface area contributed by atoms with E-state index < -0.39 is 5.54 Å². The molecular formula is C26H33N3O3. The van der Waals surface area contributed by atoms with Gasteiger partial charge in [0.25, 0.3) is 5.91 Å². The van der Waals surface area contributed by atoms with Crippen LogP contribution in [0.5, 0.6) is 0 Å². The van der Waals surface area contributed by atoms with Crippen LogP contribution in [0.1, 0.15) is 44.1 Å². The zero-order chi connectivity index (χ0) is 22.1. The van der Waals surface area contributed by atoms with Crippen molar-refractivity contribution in [2.75, 3.05) is 33.4 Å². The van der Waals surface area contributed by atoms with E-state index >= 15 is 0 Å². The Morgan fingerprint density at radius 2 is 1.78 bits per heavy atom. The maximum Gasteiger partial charge on any atom is 0.327 e. The summed E-state index contributed by atoms with van der Waals surface area (Å²) in [6.45, 7) is 3.28. The van der Waals surface area contributed by atoms with Crippen LogP contribution < -0.4 is 0 Å². The van der Waals surface area contributed by atoms with E-state index in [1.165, 1.54) is 24.2 Å². The molecule has 2 aromatic rings. The minimum Gasteiger partial charge on any atom is -0.385 e. The van der Waals surface area contributed by atoms with Crippen molar-refractivity contribution in [3.05, 3.63) is 48.0 Å². The number of carbonyl (C=O) groups excluding carboxylic acids is 2. The average molecular weight is 436 g/mol. The summed E-state index contributed by atoms with van der Waals surface area (Å²) in [5, 5.41) is 2.29. The first-order chi connectivity index (χ1) is 15.6. The van der Waals surface area contributed by atoms with Crippen LogP contribution in [0.3, 0.4) is 0 Å². The molecule has 3 amide bonds. The molecular weight excluding hydrogens is 402 g/mol. The molecule has 1 spiro atoms. The third kappa shape index (κ3) is 3.69. The number of hydrogen-bond acceptors (Lipinski definition) is 4. The van der Waals surface area contributed by atoms with Gasteiger partial charge in [0.1, 0.15) is 5.54 Å². The van der Waals surface area contributed by atoms with Gasteiger partial charge in [-0.15, -0.1) is 0 Å². The van der Waals surface area contributed by atoms with Crippen LogP contribution in [0.2, 0.25) is 0 Å². The zero-order valence-corrected chi connectivity index (χ0v) is 19.0. The monoisotopic (exact) mass is 435 g/mol. The van der Waals surface area contributed by atoms with E-state index in [1.807, 2.05) is 23.1 Å². The summed E-state index contributed by atoms with van der Waals surface area (Å²) in [7, 11) is 1.68. The second kappa shape index (κ2) is 8.83. The number of rotatable bonds is 7. The molecule has 2 saturated heterocycles. The molecule has 6 nitrogen and oxygen atoms in total. The molecule has 0 atom stereocenters. The van der Waals surface area contributed by atoms with Crippen LogP contribution in [0.15, 0.2) is 42.5 Å². The van der Waals surface area contributed by atoms with Gasteiger partial charge in [0.05, 0.1) is 6.54 Å². The van der Waals surface area contributed by atoms with Crippen molar-refractivity contribution in [3.63, 3.8) is 0 Å². The first-order valence-electron chi connectivity index (χ1n) is 12.0. The molecule has 6 heteroatoms. The molecule has 0 bridgehead atoms. The van der Waals surface area contributed by atoms with Gasteiger partial charge in [0.15, 0.2) is 0 Å². The summed E-state index contributed by atoms with van der Waals surface area (Å²) < 4.78 is 5.23. The lowest BCUT2D eigenvalue weighted by Gasteiger charge is -2.46. The normalized spacial score (nSPS) is 21.7. The number of piperidine rings is 1. The number of benzene rings is 2. The fourth-order valence-corrected chi connectivity index (χ4v) is 5.61. The highest BCUT2D eigenvalue weighted by Crippen LogP contribution is 2.40. The number of likely N-dealkylation sites (tertiary alicyclic amines) is 1. The Morgan fingerprint density at radius 1 is 1.03 bits per heavy atom. The molecule has 1 aliphatic carbocycles. The Hall–Kier alpha value is -2.44. The van der Waals surface area contributed by atoms with Crippen molar-refractivity contribution in [1.29, 1.82) is 0 Å². The highest BCUT2D eigenvalue weighted by molar-refractivity contribution is 6.07. The van der Waals surface area contributed by atoms with E-state index in [1.54, 1.807) is 7.11 Å². The molecule has 0 unspecified atom stereocenters. The van der Waals surface area contributed by atoms with E-state index in [2.05, 4.69) is 29.2 Å². The van der Waals surface area contributed by atoms with Crippen LogP contribution in [-0.2, 0) is 16.1 Å². The van der Waals surface area contributed by atoms with Gasteiger partial charge in [-0.1, -0.05) is 42.8 Å². The number of imide groups is 1. The van der Waals surface area contributed by atoms with E-state index in [0.29, 0.717) is 25.7 Å². The van der Waals surface area contributed by atoms with Gasteiger partial charge in [0, 0.05) is 39.4 Å². The summed E-state index contributed by atoms with van der Waals surface area (Å²) in [6.07, 6.45) is 6.06. The Balaban J connectivity index is 1.38. The number of carbonyl (C=O) groups is 2. The standard InChI is InChI=1S/C26H33N3O3/c1-32-17-5-14-29-25(31)28(19-20-10-11-21-6-2-3-7-22(21)18-20)24(30)26(29)12-15-27(16-13-26)23-8-4-9-23/h2-3,6-7,10-11,18,23H,4-5,8-9,12-17,19H2,1H3. The van der Waals surface area contributed by atoms with Crippen LogP contribution in [0.4, 0.5) is 4.79 Å². The van der Waals surface area contributed by atoms with Gasteiger partial charge in [-0.05, 0) is 54.5 Å². The van der Waals surface area contributed by atoms with E-state index in [-0.39, 0.29) is 11.9 Å². The van der Waals surface area contributed by atoms with Crippen molar-refractivity contribution in [2.24, 2.45) is 0 Å². The fraction of sp³-hybridized carbons (Fsp3) is 0.538. The summed E-state index contributed by atoms with van der Waals surface area (Å²) in [4.78, 5) is 33.2. The number of methoxy groups -OCH3 is 1. The maximum atomic E-state index is 13.8. The lowest BCUT2D eigenvalue weighted by atomic mass is 9.82. The molecule has 32 heavy (non-hydrogen) atoms. The Bertz CT molecular complexity index is 995. The topological polar surface area (TPSA) is 53.1 Å². The van der Waals surface area contributed by atoms with Crippen molar-refractivity contribution in [2.45, 2.75) is 56.7 Å². The first-order valence-corrected chi connectivity index (χ1v) is 12.0. The molecule has 170 valence electrons. The summed E-state index contributed by atoms with van der Waals surface area (Å²) >= 11 is 0. The molecule has 3 fully saturated rings. The lowest BCUT2D eigenvalue weighted by molar-refractivity contribution is -0.136. The van der Waals surface area contributed by atoms with Crippen molar-refractivity contribution in [1.82, 2.24) is 14.7 Å². The minimum absolute atomic E-state index is 0.0127. The predicted molar refractivity (Wildman–Crippen MR) is 124 cm³/mol. The lowest BCUT2D eigenvalue weighted by Crippen LogP contribution is -2.58. The van der Waals surface area contributed by atoms with Crippen molar-refractivity contribution < 1.29 is 14.3 Å². The zero-order valence-electron chi connectivity index (χ0n) is 19.0. The Kier molecular flexibility index (Phi) is 5.91. The number of amides is 3. The Morgan fingerprint density at radius 3 is 2.47 bits per heavy atom. The van der Waals surface area contributed by atoms with Crippen molar-refractivity contribution >= 4 is 22.7 Å². The van der Waals surface area contributed by atoms with Gasteiger partial charge in [-0.25, -0.2) is 4.79 Å². The van der Waals surface area contributed by atoms with E-state index in [4.69, 9.17) is 4.74 Å². The maximum absolute atomic E-state index is 13.8. The smallest absolute Gasteiger partial charge is 0.327 e. The number of urea groups is 1. The van der Waals surface area contributed by atoms with Crippen LogP contribution >= 0.6 is 0 Å². The second-order valence-corrected chi connectivity index (χ2v) is 9.51. The molecule has 3 aliphatic rings. The quantitative estimate of drug-likeness (QED) is 0.487. The summed E-state index contributed by atoms with van der Waals surface area (Å²) in [5.41, 5.74) is 0.299. The third-order valence-electron chi connectivity index (χ3n) is 7.72. The highest BCUT2D eigenvalue weighted by Gasteiger charge is 2.57. The molecule has 0 radical (unpaired) electrons. The predicted octanol–water partition coefficient (Wildman–Crippen LogP) is 4.03. The van der Waals surface area contributed by atoms with Crippen LogP contribution in [-0.4, -0.2) is 71.6 Å². The second-order valence-electron chi connectivity index (χ2n) is 9.51. The SMILES string of the molecule is COCCCN1C(=O)N(Cc2ccc3ccccc3c2)C(=O)C12CCN(C1CCC1)CC2. The fourth-order valence-electron chi connectivity index (χ4n) is 5.61. The molecule has 0 aromatic heterocycles. The molecule has 0 N–H and O–H groups in total. The van der Waals surface area contributed by atoms with Gasteiger partial charge in [-0.2, -0.15) is 0 Å². The summed E-state index contributed by atoms with van der Waals surface area (Å²) in [6, 6.07) is 14.9. The highest BCUT2D eigenvalue weighted by atomic mass is 16.5. The molecule has 5 rings (SSSR count). The average Bonchev–Trinajstić information content (AvgIpc) is 2.96. The molecule has 1 saturated carbocycles. The van der Waals surface area contributed by atoms with Crippen LogP contribution in [0, 0.1) is 0 Å².